The lowest BCUT2D eigenvalue weighted by atomic mass is 9.80. The Morgan fingerprint density at radius 2 is 2.25 bits per heavy atom. The number of hydrogen-bond acceptors (Lipinski definition) is 6. The van der Waals surface area contributed by atoms with Crippen molar-refractivity contribution in [2.75, 3.05) is 6.61 Å². The van der Waals surface area contributed by atoms with Gasteiger partial charge in [0.15, 0.2) is 5.41 Å². The molecular formula is C12H19N3O5. The van der Waals surface area contributed by atoms with Crippen molar-refractivity contribution >= 4 is 23.7 Å². The Balaban J connectivity index is 2.95. The van der Waals surface area contributed by atoms with Crippen LogP contribution in [0.5, 0.6) is 0 Å². The first-order valence-corrected chi connectivity index (χ1v) is 6.28. The Hall–Kier alpha value is -2.12. The van der Waals surface area contributed by atoms with Gasteiger partial charge in [0.05, 0.1) is 6.61 Å². The van der Waals surface area contributed by atoms with Gasteiger partial charge in [-0.05, 0) is 20.8 Å². The monoisotopic (exact) mass is 285 g/mol. The maximum absolute atomic E-state index is 12.1. The van der Waals surface area contributed by atoms with E-state index in [1.807, 2.05) is 0 Å². The molecule has 20 heavy (non-hydrogen) atoms. The summed E-state index contributed by atoms with van der Waals surface area (Å²) in [6, 6.07) is -0.822. The molecule has 2 amide bonds. The van der Waals surface area contributed by atoms with E-state index in [4.69, 9.17) is 15.2 Å². The van der Waals surface area contributed by atoms with Gasteiger partial charge in [0, 0.05) is 18.6 Å². The first-order valence-electron chi connectivity index (χ1n) is 6.28. The molecule has 2 unspecified atom stereocenters. The lowest BCUT2D eigenvalue weighted by Crippen LogP contribution is -2.39. The van der Waals surface area contributed by atoms with E-state index in [9.17, 15) is 14.4 Å². The van der Waals surface area contributed by atoms with Crippen LogP contribution in [0.1, 0.15) is 33.6 Å². The van der Waals surface area contributed by atoms with Crippen molar-refractivity contribution < 1.29 is 23.9 Å². The highest BCUT2D eigenvalue weighted by Crippen LogP contribution is 2.39. The number of carbonyl (C=O) groups excluding carboxylic acids is 3. The molecule has 0 spiro atoms. The summed E-state index contributed by atoms with van der Waals surface area (Å²) in [6.07, 6.45) is -0.146. The molecule has 1 fully saturated rings. The Labute approximate surface area is 116 Å². The van der Waals surface area contributed by atoms with Gasteiger partial charge < -0.3 is 15.2 Å². The summed E-state index contributed by atoms with van der Waals surface area (Å²) in [5.41, 5.74) is 5.93. The molecule has 0 aromatic heterocycles. The summed E-state index contributed by atoms with van der Waals surface area (Å²) in [7, 11) is 0. The average molecular weight is 285 g/mol. The van der Waals surface area contributed by atoms with Crippen LogP contribution < -0.4 is 11.2 Å². The minimum absolute atomic E-state index is 0.00921. The number of hydrazone groups is 1. The molecule has 0 aromatic carbocycles. The number of esters is 2. The summed E-state index contributed by atoms with van der Waals surface area (Å²) >= 11 is 0. The van der Waals surface area contributed by atoms with Crippen LogP contribution in [0.15, 0.2) is 5.10 Å². The fourth-order valence-electron chi connectivity index (χ4n) is 2.19. The number of hydrogen-bond donors (Lipinski definition) is 2. The lowest BCUT2D eigenvalue weighted by Gasteiger charge is -2.22. The van der Waals surface area contributed by atoms with Crippen LogP contribution in [0.2, 0.25) is 0 Å². The molecule has 1 heterocycles. The zero-order valence-corrected chi connectivity index (χ0v) is 11.8. The molecule has 0 aromatic rings. The number of nitrogens with zero attached hydrogens (tertiary/aromatic N) is 1. The lowest BCUT2D eigenvalue weighted by molar-refractivity contribution is -0.164. The van der Waals surface area contributed by atoms with E-state index in [-0.39, 0.29) is 25.6 Å². The second-order valence-corrected chi connectivity index (χ2v) is 4.72. The summed E-state index contributed by atoms with van der Waals surface area (Å²) < 4.78 is 10.0. The zero-order chi connectivity index (χ0) is 15.3. The smallest absolute Gasteiger partial charge is 0.332 e. The number of carbonyl (C=O) groups is 3. The molecule has 3 N–H and O–H groups in total. The summed E-state index contributed by atoms with van der Waals surface area (Å²) in [4.78, 5) is 34.7. The Morgan fingerprint density at radius 1 is 1.60 bits per heavy atom. The molecule has 8 nitrogen and oxygen atoms in total. The second kappa shape index (κ2) is 6.36. The van der Waals surface area contributed by atoms with E-state index in [0.29, 0.717) is 5.71 Å². The minimum atomic E-state index is -1.40. The topological polar surface area (TPSA) is 120 Å². The molecule has 0 saturated carbocycles. The third kappa shape index (κ3) is 3.46. The highest BCUT2D eigenvalue weighted by Gasteiger charge is 2.55. The van der Waals surface area contributed by atoms with Gasteiger partial charge >= 0.3 is 18.0 Å². The number of nitrogens with two attached hydrogens (primary N) is 1. The third-order valence-electron chi connectivity index (χ3n) is 2.92. The number of ether oxygens (including phenoxy) is 2. The summed E-state index contributed by atoms with van der Waals surface area (Å²) in [5, 5.41) is 3.71. The van der Waals surface area contributed by atoms with E-state index < -0.39 is 23.4 Å². The highest BCUT2D eigenvalue weighted by atomic mass is 16.6. The molecule has 112 valence electrons. The van der Waals surface area contributed by atoms with Crippen LogP contribution in [0.25, 0.3) is 0 Å². The predicted molar refractivity (Wildman–Crippen MR) is 69.7 cm³/mol. The van der Waals surface area contributed by atoms with Crippen LogP contribution in [0, 0.1) is 5.41 Å². The fraction of sp³-hybridized carbons (Fsp3) is 0.667. The van der Waals surface area contributed by atoms with E-state index in [0.717, 1.165) is 0 Å². The van der Waals surface area contributed by atoms with Gasteiger partial charge in [-0.25, -0.2) is 10.2 Å². The standard InChI is InChI=1S/C12H19N3O5/c1-4-19-9(16)12(6-8(3)20-10(12)17)5-7(2)14-15-11(13)18/h8H,4-6H2,1-3H3,(H3,13,15,18)/b14-7+. The first kappa shape index (κ1) is 15.9. The number of nitrogens with one attached hydrogen (secondary N) is 1. The first-order chi connectivity index (χ1) is 9.31. The SMILES string of the molecule is CCOC(=O)C1(C/C(C)=N/NC(N)=O)CC(C)OC1=O. The van der Waals surface area contributed by atoms with Crippen molar-refractivity contribution in [2.24, 2.45) is 16.3 Å². The predicted octanol–water partition coefficient (Wildman–Crippen LogP) is 0.306. The maximum Gasteiger partial charge on any atom is 0.332 e. The van der Waals surface area contributed by atoms with E-state index in [1.165, 1.54) is 0 Å². The summed E-state index contributed by atoms with van der Waals surface area (Å²) in [6.45, 7) is 5.10. The fourth-order valence-corrected chi connectivity index (χ4v) is 2.19. The number of amides is 2. The van der Waals surface area contributed by atoms with Crippen LogP contribution in [-0.4, -0.2) is 36.4 Å². The molecule has 0 aliphatic carbocycles. The van der Waals surface area contributed by atoms with Gasteiger partial charge in [0.25, 0.3) is 0 Å². The van der Waals surface area contributed by atoms with Gasteiger partial charge in [-0.3, -0.25) is 9.59 Å². The number of urea groups is 1. The van der Waals surface area contributed by atoms with Gasteiger partial charge in [0.1, 0.15) is 6.10 Å². The zero-order valence-electron chi connectivity index (χ0n) is 11.8. The molecule has 1 aliphatic heterocycles. The largest absolute Gasteiger partial charge is 0.465 e. The number of primary amides is 1. The van der Waals surface area contributed by atoms with E-state index >= 15 is 0 Å². The molecule has 8 heteroatoms. The van der Waals surface area contributed by atoms with Crippen molar-refractivity contribution in [1.82, 2.24) is 5.43 Å². The van der Waals surface area contributed by atoms with Crippen molar-refractivity contribution in [2.45, 2.75) is 39.7 Å². The quantitative estimate of drug-likeness (QED) is 0.326. The van der Waals surface area contributed by atoms with E-state index in [2.05, 4.69) is 10.5 Å². The molecule has 1 saturated heterocycles. The molecule has 1 aliphatic rings. The van der Waals surface area contributed by atoms with Gasteiger partial charge in [-0.2, -0.15) is 5.10 Å². The van der Waals surface area contributed by atoms with Gasteiger partial charge in [-0.1, -0.05) is 0 Å². The molecule has 0 bridgehead atoms. The van der Waals surface area contributed by atoms with Crippen LogP contribution in [0.3, 0.4) is 0 Å². The van der Waals surface area contributed by atoms with Gasteiger partial charge in [-0.15, -0.1) is 0 Å². The van der Waals surface area contributed by atoms with Crippen LogP contribution in [-0.2, 0) is 19.1 Å². The Kier molecular flexibility index (Phi) is 5.06. The molecular weight excluding hydrogens is 266 g/mol. The van der Waals surface area contributed by atoms with Crippen LogP contribution >= 0.6 is 0 Å². The van der Waals surface area contributed by atoms with E-state index in [1.54, 1.807) is 20.8 Å². The Morgan fingerprint density at radius 3 is 2.70 bits per heavy atom. The van der Waals surface area contributed by atoms with Crippen LogP contribution in [0.4, 0.5) is 4.79 Å². The maximum atomic E-state index is 12.1. The van der Waals surface area contributed by atoms with Crippen molar-refractivity contribution in [3.8, 4) is 0 Å². The number of cyclic esters (lactones) is 1. The number of rotatable bonds is 5. The average Bonchev–Trinajstić information content (AvgIpc) is 2.63. The van der Waals surface area contributed by atoms with Crippen molar-refractivity contribution in [3.05, 3.63) is 0 Å². The Bertz CT molecular complexity index is 448. The van der Waals surface area contributed by atoms with Crippen molar-refractivity contribution in [1.29, 1.82) is 0 Å². The molecule has 1 rings (SSSR count). The molecule has 0 radical (unpaired) electrons. The second-order valence-electron chi connectivity index (χ2n) is 4.72. The highest BCUT2D eigenvalue weighted by molar-refractivity contribution is 6.05. The normalized spacial score (nSPS) is 26.1. The van der Waals surface area contributed by atoms with Gasteiger partial charge in [0.2, 0.25) is 0 Å². The summed E-state index contributed by atoms with van der Waals surface area (Å²) in [5.74, 6) is -1.26. The minimum Gasteiger partial charge on any atom is -0.465 e. The third-order valence-corrected chi connectivity index (χ3v) is 2.92. The molecule has 2 atom stereocenters. The van der Waals surface area contributed by atoms with Crippen molar-refractivity contribution in [3.63, 3.8) is 0 Å².